The second kappa shape index (κ2) is 5.53. The average Bonchev–Trinajstić information content (AvgIpc) is 2.30. The third-order valence-corrected chi connectivity index (χ3v) is 2.99. The number of rotatable bonds is 3. The van der Waals surface area contributed by atoms with Crippen molar-refractivity contribution in [1.29, 1.82) is 0 Å². The van der Waals surface area contributed by atoms with Gasteiger partial charge >= 0.3 is 6.01 Å². The van der Waals surface area contributed by atoms with E-state index in [2.05, 4.69) is 41.8 Å². The predicted octanol–water partition coefficient (Wildman–Crippen LogP) is 3.38. The number of anilines is 1. The van der Waals surface area contributed by atoms with Crippen LogP contribution in [0.15, 0.2) is 33.3 Å². The number of hydrogen-bond donors (Lipinski definition) is 1. The van der Waals surface area contributed by atoms with Crippen LogP contribution < -0.4 is 15.2 Å². The third-order valence-electron chi connectivity index (χ3n) is 1.99. The molecule has 0 spiro atoms. The number of hydrogen-bond acceptors (Lipinski definition) is 5. The van der Waals surface area contributed by atoms with E-state index in [1.165, 1.54) is 7.11 Å². The van der Waals surface area contributed by atoms with Crippen LogP contribution in [0, 0.1) is 0 Å². The van der Waals surface area contributed by atoms with Gasteiger partial charge in [0.25, 0.3) is 0 Å². The number of methoxy groups -OCH3 is 1. The van der Waals surface area contributed by atoms with Gasteiger partial charge in [-0.25, -0.2) is 4.98 Å². The topological polar surface area (TPSA) is 70.3 Å². The van der Waals surface area contributed by atoms with E-state index in [4.69, 9.17) is 15.2 Å². The SMILES string of the molecule is COc1nc(Oc2cc(N)cc(Br)c2)ncc1Br. The Morgan fingerprint density at radius 1 is 1.22 bits per heavy atom. The summed E-state index contributed by atoms with van der Waals surface area (Å²) in [4.78, 5) is 8.11. The zero-order valence-corrected chi connectivity index (χ0v) is 12.5. The highest BCUT2D eigenvalue weighted by atomic mass is 79.9. The Balaban J connectivity index is 2.28. The van der Waals surface area contributed by atoms with Crippen molar-refractivity contribution in [3.8, 4) is 17.6 Å². The van der Waals surface area contributed by atoms with Gasteiger partial charge in [0.2, 0.25) is 5.88 Å². The zero-order valence-electron chi connectivity index (χ0n) is 9.35. The number of benzene rings is 1. The molecule has 2 N–H and O–H groups in total. The summed E-state index contributed by atoms with van der Waals surface area (Å²) < 4.78 is 12.0. The molecule has 1 aromatic carbocycles. The molecular weight excluding hydrogens is 366 g/mol. The summed E-state index contributed by atoms with van der Waals surface area (Å²) in [6.07, 6.45) is 1.56. The Morgan fingerprint density at radius 3 is 2.67 bits per heavy atom. The molecule has 0 bridgehead atoms. The van der Waals surface area contributed by atoms with E-state index in [-0.39, 0.29) is 6.01 Å². The molecule has 0 radical (unpaired) electrons. The lowest BCUT2D eigenvalue weighted by Crippen LogP contribution is -1.96. The van der Waals surface area contributed by atoms with E-state index >= 15 is 0 Å². The summed E-state index contributed by atoms with van der Waals surface area (Å²) in [7, 11) is 1.52. The normalized spacial score (nSPS) is 10.2. The maximum absolute atomic E-state index is 5.71. The van der Waals surface area contributed by atoms with E-state index in [0.29, 0.717) is 21.8 Å². The van der Waals surface area contributed by atoms with Crippen molar-refractivity contribution < 1.29 is 9.47 Å². The summed E-state index contributed by atoms with van der Waals surface area (Å²) in [5.74, 6) is 0.953. The molecule has 0 aliphatic rings. The number of nitrogens with zero attached hydrogens (tertiary/aromatic N) is 2. The quantitative estimate of drug-likeness (QED) is 0.834. The molecule has 18 heavy (non-hydrogen) atoms. The van der Waals surface area contributed by atoms with Gasteiger partial charge in [0, 0.05) is 16.2 Å². The molecule has 0 amide bonds. The lowest BCUT2D eigenvalue weighted by Gasteiger charge is -2.07. The van der Waals surface area contributed by atoms with Crippen LogP contribution in [0.4, 0.5) is 5.69 Å². The Bertz CT molecular complexity index is 558. The number of nitrogen functional groups attached to an aromatic ring is 1. The van der Waals surface area contributed by atoms with Gasteiger partial charge in [0.05, 0.1) is 17.8 Å². The van der Waals surface area contributed by atoms with Crippen molar-refractivity contribution in [2.24, 2.45) is 0 Å². The van der Waals surface area contributed by atoms with Gasteiger partial charge in [-0.1, -0.05) is 15.9 Å². The van der Waals surface area contributed by atoms with Gasteiger partial charge in [-0.2, -0.15) is 4.98 Å². The molecule has 2 aromatic rings. The van der Waals surface area contributed by atoms with E-state index in [1.807, 2.05) is 0 Å². The van der Waals surface area contributed by atoms with E-state index in [0.717, 1.165) is 4.47 Å². The first kappa shape index (κ1) is 13.1. The lowest BCUT2D eigenvalue weighted by atomic mass is 10.3. The van der Waals surface area contributed by atoms with Crippen LogP contribution in [0.1, 0.15) is 0 Å². The Hall–Kier alpha value is -1.34. The van der Waals surface area contributed by atoms with Gasteiger partial charge in [-0.3, -0.25) is 0 Å². The number of aromatic nitrogens is 2. The second-order valence-corrected chi connectivity index (χ2v) is 5.10. The van der Waals surface area contributed by atoms with Gasteiger partial charge in [0.15, 0.2) is 0 Å². The first-order valence-corrected chi connectivity index (χ1v) is 6.47. The highest BCUT2D eigenvalue weighted by Crippen LogP contribution is 2.28. The first-order chi connectivity index (χ1) is 8.58. The Kier molecular flexibility index (Phi) is 4.03. The molecule has 7 heteroatoms. The fourth-order valence-corrected chi connectivity index (χ4v) is 2.12. The van der Waals surface area contributed by atoms with Crippen LogP contribution in [-0.2, 0) is 0 Å². The third kappa shape index (κ3) is 3.11. The molecule has 2 rings (SSSR count). The van der Waals surface area contributed by atoms with Gasteiger partial charge in [-0.05, 0) is 28.1 Å². The molecule has 0 aliphatic heterocycles. The monoisotopic (exact) mass is 373 g/mol. The van der Waals surface area contributed by atoms with Crippen molar-refractivity contribution >= 4 is 37.5 Å². The summed E-state index contributed by atoms with van der Waals surface area (Å²) in [5.41, 5.74) is 6.30. The number of ether oxygens (including phenoxy) is 2. The molecule has 94 valence electrons. The largest absolute Gasteiger partial charge is 0.480 e. The number of halogens is 2. The van der Waals surface area contributed by atoms with Crippen molar-refractivity contribution in [2.45, 2.75) is 0 Å². The average molecular weight is 375 g/mol. The molecule has 0 saturated carbocycles. The highest BCUT2D eigenvalue weighted by molar-refractivity contribution is 9.10. The minimum absolute atomic E-state index is 0.188. The standard InChI is InChI=1S/C11H9Br2N3O2/c1-17-10-9(13)5-15-11(16-10)18-8-3-6(12)2-7(14)4-8/h2-5H,14H2,1H3. The molecule has 0 aliphatic carbocycles. The molecule has 0 fully saturated rings. The molecule has 1 heterocycles. The van der Waals surface area contributed by atoms with Crippen LogP contribution in [0.2, 0.25) is 0 Å². The summed E-state index contributed by atoms with van der Waals surface area (Å²) >= 11 is 6.60. The summed E-state index contributed by atoms with van der Waals surface area (Å²) in [6.45, 7) is 0. The van der Waals surface area contributed by atoms with Crippen LogP contribution in [-0.4, -0.2) is 17.1 Å². The van der Waals surface area contributed by atoms with Gasteiger partial charge in [-0.15, -0.1) is 0 Å². The molecule has 1 aromatic heterocycles. The van der Waals surface area contributed by atoms with E-state index < -0.39 is 0 Å². The van der Waals surface area contributed by atoms with Crippen molar-refractivity contribution in [3.05, 3.63) is 33.3 Å². The Morgan fingerprint density at radius 2 is 2.00 bits per heavy atom. The van der Waals surface area contributed by atoms with Crippen LogP contribution >= 0.6 is 31.9 Å². The molecular formula is C11H9Br2N3O2. The smallest absolute Gasteiger partial charge is 0.325 e. The maximum Gasteiger partial charge on any atom is 0.325 e. The second-order valence-electron chi connectivity index (χ2n) is 3.33. The summed E-state index contributed by atoms with van der Waals surface area (Å²) in [6, 6.07) is 5.42. The minimum atomic E-state index is 0.188. The van der Waals surface area contributed by atoms with Gasteiger partial charge in [0.1, 0.15) is 5.75 Å². The fourth-order valence-electron chi connectivity index (χ4n) is 1.28. The first-order valence-electron chi connectivity index (χ1n) is 4.89. The molecule has 5 nitrogen and oxygen atoms in total. The van der Waals surface area contributed by atoms with Crippen molar-refractivity contribution in [1.82, 2.24) is 9.97 Å². The fraction of sp³-hybridized carbons (Fsp3) is 0.0909. The van der Waals surface area contributed by atoms with E-state index in [9.17, 15) is 0 Å². The van der Waals surface area contributed by atoms with Crippen molar-refractivity contribution in [3.63, 3.8) is 0 Å². The van der Waals surface area contributed by atoms with Crippen LogP contribution in [0.5, 0.6) is 17.6 Å². The van der Waals surface area contributed by atoms with Gasteiger partial charge < -0.3 is 15.2 Å². The van der Waals surface area contributed by atoms with Crippen LogP contribution in [0.3, 0.4) is 0 Å². The molecule has 0 saturated heterocycles. The van der Waals surface area contributed by atoms with Crippen molar-refractivity contribution in [2.75, 3.05) is 12.8 Å². The predicted molar refractivity (Wildman–Crippen MR) is 74.9 cm³/mol. The lowest BCUT2D eigenvalue weighted by molar-refractivity contribution is 0.373. The van der Waals surface area contributed by atoms with E-state index in [1.54, 1.807) is 24.4 Å². The minimum Gasteiger partial charge on any atom is -0.480 e. The molecule has 0 unspecified atom stereocenters. The maximum atomic E-state index is 5.71. The zero-order chi connectivity index (χ0) is 13.1. The Labute approximate surface area is 121 Å². The van der Waals surface area contributed by atoms with Crippen LogP contribution in [0.25, 0.3) is 0 Å². The summed E-state index contributed by atoms with van der Waals surface area (Å²) in [5, 5.41) is 0. The molecule has 0 atom stereocenters. The number of nitrogens with two attached hydrogens (primary N) is 1. The highest BCUT2D eigenvalue weighted by Gasteiger charge is 2.07.